The largest absolute Gasteiger partial charge is 0.340 e. The molecule has 0 spiro atoms. The van der Waals surface area contributed by atoms with Crippen molar-refractivity contribution in [2.24, 2.45) is 0 Å². The van der Waals surface area contributed by atoms with E-state index < -0.39 is 0 Å². The zero-order chi connectivity index (χ0) is 8.97. The summed E-state index contributed by atoms with van der Waals surface area (Å²) in [5, 5.41) is 0. The minimum absolute atomic E-state index is 0.258. The summed E-state index contributed by atoms with van der Waals surface area (Å²) in [6, 6.07) is 2.05. The normalized spacial score (nSPS) is 12.6. The Hall–Kier alpha value is -0.830. The molecule has 0 radical (unpaired) electrons. The van der Waals surface area contributed by atoms with Crippen molar-refractivity contribution >= 4 is 17.5 Å². The molecule has 1 aromatic rings. The van der Waals surface area contributed by atoms with E-state index in [4.69, 9.17) is 11.6 Å². The van der Waals surface area contributed by atoms with Crippen molar-refractivity contribution in [3.8, 4) is 0 Å². The summed E-state index contributed by atoms with van der Waals surface area (Å²) < 4.78 is 0. The number of halogens is 1. The number of hydrogen-bond donors (Lipinski definition) is 0. The molecule has 0 aromatic carbocycles. The predicted molar refractivity (Wildman–Crippen MR) is 50.6 cm³/mol. The molecule has 1 aromatic heterocycles. The average Bonchev–Trinajstić information content (AvgIpc) is 2.17. The Bertz CT molecular complexity index is 227. The van der Waals surface area contributed by atoms with Gasteiger partial charge in [-0.05, 0) is 13.0 Å². The van der Waals surface area contributed by atoms with Crippen molar-refractivity contribution in [1.29, 1.82) is 0 Å². The first-order valence-corrected chi connectivity index (χ1v) is 4.35. The lowest BCUT2D eigenvalue weighted by molar-refractivity contribution is 0.735. The smallest absolute Gasteiger partial charge is 0.225 e. The van der Waals surface area contributed by atoms with E-state index in [0.29, 0.717) is 11.8 Å². The summed E-state index contributed by atoms with van der Waals surface area (Å²) in [5.41, 5.74) is 0. The maximum atomic E-state index is 5.70. The van der Waals surface area contributed by atoms with E-state index in [0.717, 1.165) is 0 Å². The Morgan fingerprint density at radius 2 is 2.08 bits per heavy atom. The first-order chi connectivity index (χ1) is 5.75. The molecule has 4 heteroatoms. The number of alkyl halides is 1. The van der Waals surface area contributed by atoms with Crippen LogP contribution in [0.3, 0.4) is 0 Å². The molecular weight excluding hydrogens is 174 g/mol. The molecule has 1 heterocycles. The first kappa shape index (κ1) is 9.26. The maximum absolute atomic E-state index is 5.70. The number of anilines is 1. The summed E-state index contributed by atoms with van der Waals surface area (Å²) in [6.45, 7) is 2.03. The molecule has 3 nitrogen and oxygen atoms in total. The fraction of sp³-hybridized carbons (Fsp3) is 0.500. The van der Waals surface area contributed by atoms with Crippen LogP contribution in [-0.4, -0.2) is 28.9 Å². The fourth-order valence-electron chi connectivity index (χ4n) is 0.774. The lowest BCUT2D eigenvalue weighted by atomic mass is 10.3. The van der Waals surface area contributed by atoms with E-state index in [1.165, 1.54) is 0 Å². The second-order valence-electron chi connectivity index (χ2n) is 2.66. The van der Waals surface area contributed by atoms with Gasteiger partial charge in [-0.2, -0.15) is 0 Å². The first-order valence-electron chi connectivity index (χ1n) is 3.81. The molecule has 0 aliphatic heterocycles. The zero-order valence-electron chi connectivity index (χ0n) is 7.24. The molecule has 0 aliphatic carbocycles. The zero-order valence-corrected chi connectivity index (χ0v) is 7.99. The highest BCUT2D eigenvalue weighted by Crippen LogP contribution is 2.07. The molecule has 1 unspecified atom stereocenters. The Labute approximate surface area is 77.4 Å². The third-order valence-corrected chi connectivity index (χ3v) is 2.20. The maximum Gasteiger partial charge on any atom is 0.225 e. The van der Waals surface area contributed by atoms with Gasteiger partial charge >= 0.3 is 0 Å². The number of nitrogens with zero attached hydrogens (tertiary/aromatic N) is 3. The Balaban J connectivity index is 2.71. The summed E-state index contributed by atoms with van der Waals surface area (Å²) in [6.07, 6.45) is 3.44. The number of rotatable bonds is 3. The lowest BCUT2D eigenvalue weighted by Crippen LogP contribution is -2.31. The van der Waals surface area contributed by atoms with Crippen LogP contribution in [0.15, 0.2) is 18.5 Å². The molecule has 0 N–H and O–H groups in total. The van der Waals surface area contributed by atoms with E-state index in [1.54, 1.807) is 18.5 Å². The van der Waals surface area contributed by atoms with E-state index in [9.17, 15) is 0 Å². The van der Waals surface area contributed by atoms with Gasteiger partial charge in [0.05, 0.1) is 0 Å². The monoisotopic (exact) mass is 185 g/mol. The third-order valence-electron chi connectivity index (χ3n) is 1.75. The van der Waals surface area contributed by atoms with E-state index in [-0.39, 0.29) is 6.04 Å². The van der Waals surface area contributed by atoms with E-state index in [1.807, 2.05) is 18.9 Å². The molecule has 1 atom stereocenters. The highest BCUT2D eigenvalue weighted by atomic mass is 35.5. The van der Waals surface area contributed by atoms with Crippen LogP contribution in [-0.2, 0) is 0 Å². The molecule has 12 heavy (non-hydrogen) atoms. The van der Waals surface area contributed by atoms with Crippen molar-refractivity contribution in [2.75, 3.05) is 17.8 Å². The summed E-state index contributed by atoms with van der Waals surface area (Å²) in [5.74, 6) is 1.29. The summed E-state index contributed by atoms with van der Waals surface area (Å²) >= 11 is 5.70. The second kappa shape index (κ2) is 4.26. The average molecular weight is 186 g/mol. The molecule has 0 aliphatic rings. The van der Waals surface area contributed by atoms with Crippen LogP contribution in [0.2, 0.25) is 0 Å². The Kier molecular flexibility index (Phi) is 3.29. The van der Waals surface area contributed by atoms with Gasteiger partial charge in [0, 0.05) is 31.4 Å². The minimum atomic E-state index is 0.258. The van der Waals surface area contributed by atoms with Gasteiger partial charge in [0.1, 0.15) is 0 Å². The lowest BCUT2D eigenvalue weighted by Gasteiger charge is -2.22. The molecule has 1 rings (SSSR count). The van der Waals surface area contributed by atoms with Crippen LogP contribution in [0.5, 0.6) is 0 Å². The van der Waals surface area contributed by atoms with Gasteiger partial charge in [0.15, 0.2) is 0 Å². The molecule has 0 saturated heterocycles. The van der Waals surface area contributed by atoms with Crippen LogP contribution in [0, 0.1) is 0 Å². The fourth-order valence-corrected chi connectivity index (χ4v) is 0.981. The number of hydrogen-bond acceptors (Lipinski definition) is 3. The number of aromatic nitrogens is 2. The molecular formula is C8H12ClN3. The molecule has 0 fully saturated rings. The molecule has 0 amide bonds. The Morgan fingerprint density at radius 3 is 2.58 bits per heavy atom. The standard InChI is InChI=1S/C8H12ClN3/c1-7(6-9)12(2)8-10-4-3-5-11-8/h3-5,7H,6H2,1-2H3. The highest BCUT2D eigenvalue weighted by Gasteiger charge is 2.09. The second-order valence-corrected chi connectivity index (χ2v) is 2.97. The molecule has 0 saturated carbocycles. The van der Waals surface area contributed by atoms with Crippen LogP contribution < -0.4 is 4.90 Å². The summed E-state index contributed by atoms with van der Waals surface area (Å²) in [7, 11) is 1.93. The van der Waals surface area contributed by atoms with Gasteiger partial charge in [0.2, 0.25) is 5.95 Å². The topological polar surface area (TPSA) is 29.0 Å². The third kappa shape index (κ3) is 2.08. The van der Waals surface area contributed by atoms with Crippen molar-refractivity contribution in [3.63, 3.8) is 0 Å². The van der Waals surface area contributed by atoms with Crippen LogP contribution in [0.4, 0.5) is 5.95 Å². The SMILES string of the molecule is CC(CCl)N(C)c1ncccn1. The van der Waals surface area contributed by atoms with Gasteiger partial charge < -0.3 is 4.90 Å². The molecule has 66 valence electrons. The van der Waals surface area contributed by atoms with Crippen molar-refractivity contribution < 1.29 is 0 Å². The Morgan fingerprint density at radius 1 is 1.50 bits per heavy atom. The van der Waals surface area contributed by atoms with Gasteiger partial charge in [-0.3, -0.25) is 0 Å². The highest BCUT2D eigenvalue weighted by molar-refractivity contribution is 6.18. The van der Waals surface area contributed by atoms with E-state index >= 15 is 0 Å². The van der Waals surface area contributed by atoms with Crippen molar-refractivity contribution in [2.45, 2.75) is 13.0 Å². The van der Waals surface area contributed by atoms with Gasteiger partial charge in [0.25, 0.3) is 0 Å². The van der Waals surface area contributed by atoms with Crippen LogP contribution in [0.25, 0.3) is 0 Å². The minimum Gasteiger partial charge on any atom is -0.340 e. The summed E-state index contributed by atoms with van der Waals surface area (Å²) in [4.78, 5) is 10.2. The predicted octanol–water partition coefficient (Wildman–Crippen LogP) is 1.54. The van der Waals surface area contributed by atoms with Crippen LogP contribution >= 0.6 is 11.6 Å². The molecule has 0 bridgehead atoms. The van der Waals surface area contributed by atoms with E-state index in [2.05, 4.69) is 9.97 Å². The van der Waals surface area contributed by atoms with Crippen molar-refractivity contribution in [1.82, 2.24) is 9.97 Å². The van der Waals surface area contributed by atoms with Crippen LogP contribution in [0.1, 0.15) is 6.92 Å². The van der Waals surface area contributed by atoms with Gasteiger partial charge in [-0.15, -0.1) is 11.6 Å². The van der Waals surface area contributed by atoms with Gasteiger partial charge in [-0.25, -0.2) is 9.97 Å². The van der Waals surface area contributed by atoms with Crippen molar-refractivity contribution in [3.05, 3.63) is 18.5 Å². The quantitative estimate of drug-likeness (QED) is 0.669. The van der Waals surface area contributed by atoms with Gasteiger partial charge in [-0.1, -0.05) is 0 Å².